The summed E-state index contributed by atoms with van der Waals surface area (Å²) in [5, 5.41) is 23.9. The molecule has 6 nitrogen and oxygen atoms in total. The zero-order valence-electron chi connectivity index (χ0n) is 14.9. The smallest absolute Gasteiger partial charge is 0.209 e. The maximum absolute atomic E-state index is 10.4. The van der Waals surface area contributed by atoms with Crippen molar-refractivity contribution in [2.45, 2.75) is 41.6 Å². The summed E-state index contributed by atoms with van der Waals surface area (Å²) in [6.07, 6.45) is 10.5. The third-order valence-corrected chi connectivity index (χ3v) is 6.54. The minimum Gasteiger partial charge on any atom is -0.507 e. The van der Waals surface area contributed by atoms with E-state index in [0.29, 0.717) is 27.2 Å². The first-order valence-electron chi connectivity index (χ1n) is 9.29. The third-order valence-electron chi connectivity index (χ3n) is 5.41. The lowest BCUT2D eigenvalue weighted by atomic mass is 10.0. The monoisotopic (exact) mass is 379 g/mol. The van der Waals surface area contributed by atoms with Crippen molar-refractivity contribution in [2.24, 2.45) is 0 Å². The van der Waals surface area contributed by atoms with Crippen LogP contribution in [-0.2, 0) is 0 Å². The number of thioether (sulfide) groups is 1. The van der Waals surface area contributed by atoms with Crippen molar-refractivity contribution in [3.63, 3.8) is 0 Å². The molecule has 7 heteroatoms. The molecule has 27 heavy (non-hydrogen) atoms. The van der Waals surface area contributed by atoms with E-state index in [1.54, 1.807) is 24.0 Å². The van der Waals surface area contributed by atoms with Gasteiger partial charge in [-0.3, -0.25) is 0 Å². The van der Waals surface area contributed by atoms with Crippen molar-refractivity contribution >= 4 is 11.8 Å². The number of rotatable bonds is 4. The van der Waals surface area contributed by atoms with Gasteiger partial charge in [0.25, 0.3) is 0 Å². The summed E-state index contributed by atoms with van der Waals surface area (Å²) in [5.41, 5.74) is 2.52. The quantitative estimate of drug-likeness (QED) is 0.723. The van der Waals surface area contributed by atoms with Crippen molar-refractivity contribution in [1.82, 2.24) is 25.1 Å². The molecule has 1 aliphatic heterocycles. The molecule has 0 radical (unpaired) electrons. The molecular weight excluding hydrogens is 358 g/mol. The molecule has 1 aliphatic carbocycles. The number of phenols is 1. The maximum atomic E-state index is 10.4. The van der Waals surface area contributed by atoms with Gasteiger partial charge in [-0.15, -0.1) is 10.2 Å². The summed E-state index contributed by atoms with van der Waals surface area (Å²) >= 11 is 1.73. The predicted octanol–water partition coefficient (Wildman–Crippen LogP) is 3.41. The molecule has 1 saturated heterocycles. The molecule has 1 spiro atoms. The standard InChI is InChI=1S/C20H21N5OS/c26-18-11-14(25-9-1-2-10-25)3-4-16(18)17-13-21-19(24-23-17)27-15-5-8-22-20(12-15)6-7-20/h1-4,9-11,13,15,22,26H,5-8,12H2/t15-/m0/s1. The van der Waals surface area contributed by atoms with Crippen LogP contribution in [0.5, 0.6) is 5.75 Å². The third kappa shape index (κ3) is 3.44. The Kier molecular flexibility index (Phi) is 4.13. The number of phenolic OH excluding ortho intramolecular Hbond substituents is 1. The Morgan fingerprint density at radius 2 is 2.04 bits per heavy atom. The summed E-state index contributed by atoms with van der Waals surface area (Å²) in [6.45, 7) is 1.07. The zero-order valence-corrected chi connectivity index (χ0v) is 15.7. The molecule has 1 atom stereocenters. The summed E-state index contributed by atoms with van der Waals surface area (Å²) in [4.78, 5) is 4.48. The number of nitrogens with zero attached hydrogens (tertiary/aromatic N) is 4. The lowest BCUT2D eigenvalue weighted by Gasteiger charge is -2.29. The first-order valence-corrected chi connectivity index (χ1v) is 10.2. The highest BCUT2D eigenvalue weighted by atomic mass is 32.2. The van der Waals surface area contributed by atoms with E-state index in [1.165, 1.54) is 19.3 Å². The number of aromatic hydroxyl groups is 1. The Labute approximate surface area is 162 Å². The Balaban J connectivity index is 1.31. The van der Waals surface area contributed by atoms with Crippen LogP contribution < -0.4 is 5.32 Å². The van der Waals surface area contributed by atoms with E-state index in [4.69, 9.17) is 0 Å². The number of hydrogen-bond acceptors (Lipinski definition) is 6. The normalized spacial score (nSPS) is 20.7. The van der Waals surface area contributed by atoms with E-state index in [-0.39, 0.29) is 5.75 Å². The van der Waals surface area contributed by atoms with Gasteiger partial charge in [0.1, 0.15) is 11.4 Å². The van der Waals surface area contributed by atoms with Crippen LogP contribution in [0.15, 0.2) is 54.1 Å². The van der Waals surface area contributed by atoms with Gasteiger partial charge in [0.05, 0.1) is 6.20 Å². The van der Waals surface area contributed by atoms with Gasteiger partial charge in [0.2, 0.25) is 5.16 Å². The Morgan fingerprint density at radius 3 is 2.74 bits per heavy atom. The second kappa shape index (κ2) is 6.65. The number of hydrogen-bond donors (Lipinski definition) is 2. The molecule has 138 valence electrons. The van der Waals surface area contributed by atoms with Crippen molar-refractivity contribution < 1.29 is 5.11 Å². The van der Waals surface area contributed by atoms with Gasteiger partial charge in [0.15, 0.2) is 0 Å². The minimum atomic E-state index is 0.173. The molecule has 0 bridgehead atoms. The molecular formula is C20H21N5OS. The first-order chi connectivity index (χ1) is 13.2. The van der Waals surface area contributed by atoms with Gasteiger partial charge in [-0.1, -0.05) is 11.8 Å². The lowest BCUT2D eigenvalue weighted by molar-refractivity contribution is 0.393. The van der Waals surface area contributed by atoms with Gasteiger partial charge in [-0.25, -0.2) is 4.98 Å². The van der Waals surface area contributed by atoms with Crippen LogP contribution in [0.3, 0.4) is 0 Å². The van der Waals surface area contributed by atoms with Crippen LogP contribution in [0, 0.1) is 0 Å². The fraction of sp³-hybridized carbons (Fsp3) is 0.350. The molecule has 0 unspecified atom stereocenters. The van der Waals surface area contributed by atoms with Gasteiger partial charge in [-0.2, -0.15) is 0 Å². The summed E-state index contributed by atoms with van der Waals surface area (Å²) < 4.78 is 1.94. The van der Waals surface area contributed by atoms with E-state index in [0.717, 1.165) is 18.7 Å². The van der Waals surface area contributed by atoms with Crippen LogP contribution >= 0.6 is 11.8 Å². The van der Waals surface area contributed by atoms with Crippen molar-refractivity contribution in [3.8, 4) is 22.7 Å². The molecule has 2 aliphatic rings. The maximum Gasteiger partial charge on any atom is 0.209 e. The molecule has 2 fully saturated rings. The molecule has 1 saturated carbocycles. The van der Waals surface area contributed by atoms with E-state index < -0.39 is 0 Å². The molecule has 3 heterocycles. The van der Waals surface area contributed by atoms with E-state index >= 15 is 0 Å². The first kappa shape index (κ1) is 16.8. The summed E-state index contributed by atoms with van der Waals surface area (Å²) in [5.74, 6) is 0.173. The number of aromatic nitrogens is 4. The molecule has 1 aromatic carbocycles. The SMILES string of the molecule is Oc1cc(-n2cccc2)ccc1-c1cnc(S[C@H]2CCNC3(CC3)C2)nn1. The van der Waals surface area contributed by atoms with Crippen LogP contribution in [0.4, 0.5) is 0 Å². The fourth-order valence-corrected chi connectivity index (χ4v) is 4.87. The van der Waals surface area contributed by atoms with E-state index in [2.05, 4.69) is 20.5 Å². The average molecular weight is 379 g/mol. The van der Waals surface area contributed by atoms with Crippen LogP contribution in [0.2, 0.25) is 0 Å². The van der Waals surface area contributed by atoms with Crippen LogP contribution in [-0.4, -0.2) is 42.2 Å². The Morgan fingerprint density at radius 1 is 1.19 bits per heavy atom. The second-order valence-corrected chi connectivity index (χ2v) is 8.63. The predicted molar refractivity (Wildman–Crippen MR) is 105 cm³/mol. The average Bonchev–Trinajstić information content (AvgIpc) is 3.20. The van der Waals surface area contributed by atoms with E-state index in [1.807, 2.05) is 41.2 Å². The van der Waals surface area contributed by atoms with Crippen LogP contribution in [0.25, 0.3) is 16.9 Å². The Bertz CT molecular complexity index is 938. The number of benzene rings is 1. The van der Waals surface area contributed by atoms with Gasteiger partial charge < -0.3 is 15.0 Å². The largest absolute Gasteiger partial charge is 0.507 e. The highest BCUT2D eigenvalue weighted by molar-refractivity contribution is 7.99. The zero-order chi connectivity index (χ0) is 18.3. The molecule has 3 aromatic rings. The lowest BCUT2D eigenvalue weighted by Crippen LogP contribution is -2.41. The van der Waals surface area contributed by atoms with Gasteiger partial charge in [-0.05, 0) is 56.5 Å². The fourth-order valence-electron chi connectivity index (χ4n) is 3.74. The molecule has 0 amide bonds. The molecule has 5 rings (SSSR count). The van der Waals surface area contributed by atoms with Crippen molar-refractivity contribution in [2.75, 3.05) is 6.54 Å². The summed E-state index contributed by atoms with van der Waals surface area (Å²) in [7, 11) is 0. The molecule has 2 aromatic heterocycles. The highest BCUT2D eigenvalue weighted by Crippen LogP contribution is 2.45. The van der Waals surface area contributed by atoms with Crippen molar-refractivity contribution in [1.29, 1.82) is 0 Å². The summed E-state index contributed by atoms with van der Waals surface area (Å²) in [6, 6.07) is 9.43. The van der Waals surface area contributed by atoms with Crippen LogP contribution in [0.1, 0.15) is 25.7 Å². The van der Waals surface area contributed by atoms with Gasteiger partial charge in [0, 0.05) is 40.5 Å². The second-order valence-electron chi connectivity index (χ2n) is 7.36. The number of piperidine rings is 1. The van der Waals surface area contributed by atoms with Gasteiger partial charge >= 0.3 is 0 Å². The Hall–Kier alpha value is -2.38. The minimum absolute atomic E-state index is 0.173. The topological polar surface area (TPSA) is 75.9 Å². The number of nitrogens with one attached hydrogen (secondary N) is 1. The van der Waals surface area contributed by atoms with E-state index in [9.17, 15) is 5.11 Å². The molecule has 2 N–H and O–H groups in total. The van der Waals surface area contributed by atoms with Crippen molar-refractivity contribution in [3.05, 3.63) is 48.9 Å². The highest BCUT2D eigenvalue weighted by Gasteiger charge is 2.46.